The first-order valence-corrected chi connectivity index (χ1v) is 8.48. The Balaban J connectivity index is 2.10. The molecule has 21 heavy (non-hydrogen) atoms. The molecule has 0 fully saturated rings. The Kier molecular flexibility index (Phi) is 6.20. The number of benzene rings is 2. The second-order valence-corrected chi connectivity index (χ2v) is 6.42. The molecule has 114 valence electrons. The van der Waals surface area contributed by atoms with Gasteiger partial charge in [0.1, 0.15) is 5.75 Å². The van der Waals surface area contributed by atoms with Crippen LogP contribution < -0.4 is 0 Å². The van der Waals surface area contributed by atoms with Crippen LogP contribution in [0.25, 0.3) is 10.8 Å². The van der Waals surface area contributed by atoms with Crippen molar-refractivity contribution in [2.45, 2.75) is 51.9 Å². The van der Waals surface area contributed by atoms with Crippen molar-refractivity contribution in [1.29, 1.82) is 0 Å². The van der Waals surface area contributed by atoms with Gasteiger partial charge in [-0.1, -0.05) is 62.2 Å². The molecule has 1 nitrogen and oxygen atoms in total. The van der Waals surface area contributed by atoms with Crippen LogP contribution in [0, 0.1) is 0 Å². The first-order valence-electron chi connectivity index (χ1n) is 7.72. The summed E-state index contributed by atoms with van der Waals surface area (Å²) < 4.78 is 0. The molecule has 2 rings (SSSR count). The third kappa shape index (κ3) is 4.52. The molecule has 2 aromatic rings. The van der Waals surface area contributed by atoms with Crippen molar-refractivity contribution in [3.8, 4) is 5.75 Å². The summed E-state index contributed by atoms with van der Waals surface area (Å²) in [5, 5.41) is 13.0. The normalized spacial score (nSPS) is 11.2. The molecular formula is C18H22Cl2O. The molecule has 0 aliphatic rings. The van der Waals surface area contributed by atoms with Crippen LogP contribution in [0.5, 0.6) is 5.75 Å². The number of hydrogen-bond donors (Lipinski definition) is 1. The highest BCUT2D eigenvalue weighted by Crippen LogP contribution is 2.33. The fourth-order valence-corrected chi connectivity index (χ4v) is 3.06. The van der Waals surface area contributed by atoms with E-state index < -0.39 is 0 Å². The Morgan fingerprint density at radius 3 is 2.29 bits per heavy atom. The van der Waals surface area contributed by atoms with E-state index in [4.69, 9.17) is 23.2 Å². The summed E-state index contributed by atoms with van der Waals surface area (Å²) in [4.78, 5) is 0. The number of aryl methyl sites for hydroxylation is 1. The lowest BCUT2D eigenvalue weighted by atomic mass is 9.98. The molecule has 0 heterocycles. The molecule has 0 aliphatic heterocycles. The van der Waals surface area contributed by atoms with E-state index in [0.717, 1.165) is 29.2 Å². The maximum atomic E-state index is 9.87. The predicted molar refractivity (Wildman–Crippen MR) is 92.7 cm³/mol. The SMILES string of the molecule is CCCCCCCCc1cc(O)cc2cc(Cl)c(Cl)cc12. The average Bonchev–Trinajstić information content (AvgIpc) is 2.44. The lowest BCUT2D eigenvalue weighted by molar-refractivity contribution is 0.475. The Morgan fingerprint density at radius 1 is 0.857 bits per heavy atom. The number of phenolic OH excluding ortho intramolecular Hbond substituents is 1. The minimum absolute atomic E-state index is 0.293. The van der Waals surface area contributed by atoms with Crippen LogP contribution in [0.3, 0.4) is 0 Å². The smallest absolute Gasteiger partial charge is 0.116 e. The van der Waals surface area contributed by atoms with Crippen LogP contribution in [0.2, 0.25) is 10.0 Å². The predicted octanol–water partition coefficient (Wildman–Crippen LogP) is 6.76. The molecule has 1 N–H and O–H groups in total. The van der Waals surface area contributed by atoms with Crippen molar-refractivity contribution < 1.29 is 5.11 Å². The molecule has 0 saturated carbocycles. The average molecular weight is 325 g/mol. The van der Waals surface area contributed by atoms with Gasteiger partial charge >= 0.3 is 0 Å². The first kappa shape index (κ1) is 16.5. The van der Waals surface area contributed by atoms with E-state index in [2.05, 4.69) is 6.92 Å². The molecule has 0 spiro atoms. The Morgan fingerprint density at radius 2 is 1.52 bits per heavy atom. The molecule has 0 aliphatic carbocycles. The molecule has 0 saturated heterocycles. The lowest BCUT2D eigenvalue weighted by Crippen LogP contribution is -1.89. The summed E-state index contributed by atoms with van der Waals surface area (Å²) in [5.74, 6) is 0.293. The minimum atomic E-state index is 0.293. The molecule has 0 radical (unpaired) electrons. The highest BCUT2D eigenvalue weighted by molar-refractivity contribution is 6.42. The molecular weight excluding hydrogens is 303 g/mol. The van der Waals surface area contributed by atoms with Crippen molar-refractivity contribution in [1.82, 2.24) is 0 Å². The van der Waals surface area contributed by atoms with Gasteiger partial charge in [-0.25, -0.2) is 0 Å². The maximum Gasteiger partial charge on any atom is 0.116 e. The van der Waals surface area contributed by atoms with E-state index in [1.54, 1.807) is 6.07 Å². The summed E-state index contributed by atoms with van der Waals surface area (Å²) in [7, 11) is 0. The van der Waals surface area contributed by atoms with Gasteiger partial charge in [0.2, 0.25) is 0 Å². The second-order valence-electron chi connectivity index (χ2n) is 5.61. The highest BCUT2D eigenvalue weighted by atomic mass is 35.5. The number of fused-ring (bicyclic) bond motifs is 1. The molecule has 3 heteroatoms. The zero-order chi connectivity index (χ0) is 15.2. The summed E-state index contributed by atoms with van der Waals surface area (Å²) in [6.07, 6.45) is 8.55. The van der Waals surface area contributed by atoms with Crippen molar-refractivity contribution in [3.63, 3.8) is 0 Å². The molecule has 2 aromatic carbocycles. The minimum Gasteiger partial charge on any atom is -0.508 e. The Bertz CT molecular complexity index is 608. The molecule has 0 unspecified atom stereocenters. The fourth-order valence-electron chi connectivity index (χ4n) is 2.72. The topological polar surface area (TPSA) is 20.2 Å². The van der Waals surface area contributed by atoms with E-state index in [1.807, 2.05) is 18.2 Å². The van der Waals surface area contributed by atoms with Gasteiger partial charge in [-0.15, -0.1) is 0 Å². The quantitative estimate of drug-likeness (QED) is 0.558. The van der Waals surface area contributed by atoms with E-state index in [1.165, 1.54) is 32.1 Å². The molecule has 0 amide bonds. The molecule has 0 aromatic heterocycles. The number of halogens is 2. The molecule has 0 atom stereocenters. The zero-order valence-corrected chi connectivity index (χ0v) is 14.0. The monoisotopic (exact) mass is 324 g/mol. The Hall–Kier alpha value is -0.920. The number of phenols is 1. The van der Waals surface area contributed by atoms with E-state index in [0.29, 0.717) is 15.8 Å². The van der Waals surface area contributed by atoms with E-state index in [-0.39, 0.29) is 0 Å². The number of hydrogen-bond acceptors (Lipinski definition) is 1. The van der Waals surface area contributed by atoms with Gasteiger partial charge in [0.25, 0.3) is 0 Å². The first-order chi connectivity index (χ1) is 10.1. The lowest BCUT2D eigenvalue weighted by Gasteiger charge is -2.09. The van der Waals surface area contributed by atoms with Crippen molar-refractivity contribution in [2.75, 3.05) is 0 Å². The van der Waals surface area contributed by atoms with Crippen LogP contribution in [0.15, 0.2) is 24.3 Å². The van der Waals surface area contributed by atoms with Gasteiger partial charge in [-0.3, -0.25) is 0 Å². The zero-order valence-electron chi connectivity index (χ0n) is 12.5. The largest absolute Gasteiger partial charge is 0.508 e. The van der Waals surface area contributed by atoms with Crippen LogP contribution in [-0.2, 0) is 6.42 Å². The van der Waals surface area contributed by atoms with Crippen molar-refractivity contribution in [2.24, 2.45) is 0 Å². The summed E-state index contributed by atoms with van der Waals surface area (Å²) >= 11 is 12.2. The van der Waals surface area contributed by atoms with Gasteiger partial charge < -0.3 is 5.11 Å². The number of unbranched alkanes of at least 4 members (excludes halogenated alkanes) is 5. The van der Waals surface area contributed by atoms with Gasteiger partial charge in [-0.2, -0.15) is 0 Å². The van der Waals surface area contributed by atoms with Crippen molar-refractivity contribution >= 4 is 34.0 Å². The second kappa shape index (κ2) is 7.91. The summed E-state index contributed by atoms with van der Waals surface area (Å²) in [6, 6.07) is 7.32. The summed E-state index contributed by atoms with van der Waals surface area (Å²) in [6.45, 7) is 2.23. The van der Waals surface area contributed by atoms with Crippen LogP contribution >= 0.6 is 23.2 Å². The van der Waals surface area contributed by atoms with Gasteiger partial charge in [0.15, 0.2) is 0 Å². The maximum absolute atomic E-state index is 9.87. The highest BCUT2D eigenvalue weighted by Gasteiger charge is 2.07. The van der Waals surface area contributed by atoms with E-state index >= 15 is 0 Å². The Labute approximate surface area is 136 Å². The van der Waals surface area contributed by atoms with Gasteiger partial charge in [0, 0.05) is 0 Å². The fraction of sp³-hybridized carbons (Fsp3) is 0.444. The third-order valence-electron chi connectivity index (χ3n) is 3.86. The number of aromatic hydroxyl groups is 1. The van der Waals surface area contributed by atoms with E-state index in [9.17, 15) is 5.11 Å². The van der Waals surface area contributed by atoms with Crippen LogP contribution in [-0.4, -0.2) is 5.11 Å². The number of rotatable bonds is 7. The summed E-state index contributed by atoms with van der Waals surface area (Å²) in [5.41, 5.74) is 1.15. The third-order valence-corrected chi connectivity index (χ3v) is 4.59. The van der Waals surface area contributed by atoms with Gasteiger partial charge in [-0.05, 0) is 53.4 Å². The van der Waals surface area contributed by atoms with Crippen LogP contribution in [0.1, 0.15) is 51.0 Å². The molecule has 0 bridgehead atoms. The van der Waals surface area contributed by atoms with Crippen LogP contribution in [0.4, 0.5) is 0 Å². The van der Waals surface area contributed by atoms with Crippen molar-refractivity contribution in [3.05, 3.63) is 39.9 Å². The van der Waals surface area contributed by atoms with Gasteiger partial charge in [0.05, 0.1) is 10.0 Å². The standard InChI is InChI=1S/C18H22Cl2O/c1-2-3-4-5-6-7-8-13-9-15(21)10-14-11-17(19)18(20)12-16(13)14/h9-12,21H,2-8H2,1H3.